The van der Waals surface area contributed by atoms with Gasteiger partial charge in [-0.2, -0.15) is 0 Å². The third-order valence-corrected chi connectivity index (χ3v) is 4.00. The molecule has 5 heteroatoms. The average molecular weight is 355 g/mol. The second kappa shape index (κ2) is 6.69. The summed E-state index contributed by atoms with van der Waals surface area (Å²) in [7, 11) is 0. The van der Waals surface area contributed by atoms with Gasteiger partial charge < -0.3 is 15.0 Å². The van der Waals surface area contributed by atoms with Gasteiger partial charge in [-0.05, 0) is 61.7 Å². The van der Waals surface area contributed by atoms with Crippen molar-refractivity contribution in [3.05, 3.63) is 28.7 Å². The Balaban J connectivity index is 1.95. The second-order valence-electron chi connectivity index (χ2n) is 6.39. The normalized spacial score (nSPS) is 19.2. The Kier molecular flexibility index (Phi) is 5.14. The Morgan fingerprint density at radius 2 is 2.10 bits per heavy atom. The molecule has 0 saturated carbocycles. The third-order valence-electron chi connectivity index (χ3n) is 3.31. The van der Waals surface area contributed by atoms with Crippen molar-refractivity contribution in [3.8, 4) is 0 Å². The largest absolute Gasteiger partial charge is 0.444 e. The Morgan fingerprint density at radius 1 is 1.38 bits per heavy atom. The highest BCUT2D eigenvalue weighted by atomic mass is 79.9. The maximum atomic E-state index is 12.1. The van der Waals surface area contributed by atoms with Gasteiger partial charge in [-0.25, -0.2) is 4.79 Å². The monoisotopic (exact) mass is 354 g/mol. The third kappa shape index (κ3) is 4.92. The fraction of sp³-hybridized carbons (Fsp3) is 0.562. The summed E-state index contributed by atoms with van der Waals surface area (Å²) in [6, 6.07) is 8.29. The van der Waals surface area contributed by atoms with E-state index in [0.29, 0.717) is 6.54 Å². The summed E-state index contributed by atoms with van der Waals surface area (Å²) in [4.78, 5) is 13.9. The molecule has 0 bridgehead atoms. The zero-order chi connectivity index (χ0) is 15.5. The summed E-state index contributed by atoms with van der Waals surface area (Å²) in [5.41, 5.74) is 0.619. The number of para-hydroxylation sites is 1. The highest BCUT2D eigenvalue weighted by Crippen LogP contribution is 2.24. The molecule has 0 aliphatic carbocycles. The molecule has 116 valence electrons. The fourth-order valence-electron chi connectivity index (χ4n) is 2.39. The molecule has 1 saturated heterocycles. The van der Waals surface area contributed by atoms with E-state index in [4.69, 9.17) is 4.74 Å². The number of nitrogens with one attached hydrogen (secondary N) is 1. The summed E-state index contributed by atoms with van der Waals surface area (Å²) in [6.07, 6.45) is 1.82. The summed E-state index contributed by atoms with van der Waals surface area (Å²) >= 11 is 3.54. The van der Waals surface area contributed by atoms with Crippen molar-refractivity contribution in [3.63, 3.8) is 0 Å². The van der Waals surface area contributed by atoms with Crippen LogP contribution < -0.4 is 5.32 Å². The van der Waals surface area contributed by atoms with Crippen molar-refractivity contribution in [1.82, 2.24) is 4.90 Å². The van der Waals surface area contributed by atoms with Gasteiger partial charge in [0.15, 0.2) is 0 Å². The van der Waals surface area contributed by atoms with E-state index >= 15 is 0 Å². The number of likely N-dealkylation sites (tertiary alicyclic amines) is 1. The molecule has 1 unspecified atom stereocenters. The van der Waals surface area contributed by atoms with Crippen LogP contribution in [0, 0.1) is 0 Å². The van der Waals surface area contributed by atoms with Crippen LogP contribution in [0.25, 0.3) is 0 Å². The molecule has 1 heterocycles. The molecule has 1 aromatic carbocycles. The fourth-order valence-corrected chi connectivity index (χ4v) is 2.78. The van der Waals surface area contributed by atoms with Gasteiger partial charge in [-0.1, -0.05) is 12.1 Å². The highest BCUT2D eigenvalue weighted by molar-refractivity contribution is 9.10. The summed E-state index contributed by atoms with van der Waals surface area (Å²) in [5.74, 6) is 0. The van der Waals surface area contributed by atoms with E-state index in [1.807, 2.05) is 45.0 Å². The maximum Gasteiger partial charge on any atom is 0.410 e. The lowest BCUT2D eigenvalue weighted by molar-refractivity contribution is 0.0206. The quantitative estimate of drug-likeness (QED) is 0.862. The molecule has 1 N–H and O–H groups in total. The van der Waals surface area contributed by atoms with Crippen LogP contribution >= 0.6 is 15.9 Å². The number of rotatable bonds is 2. The van der Waals surface area contributed by atoms with Crippen LogP contribution in [0.1, 0.15) is 33.6 Å². The van der Waals surface area contributed by atoms with E-state index in [-0.39, 0.29) is 12.1 Å². The zero-order valence-corrected chi connectivity index (χ0v) is 14.4. The van der Waals surface area contributed by atoms with Crippen LogP contribution in [0.15, 0.2) is 28.7 Å². The highest BCUT2D eigenvalue weighted by Gasteiger charge is 2.27. The second-order valence-corrected chi connectivity index (χ2v) is 7.24. The molecule has 0 aromatic heterocycles. The lowest BCUT2D eigenvalue weighted by Gasteiger charge is -2.35. The molecular weight excluding hydrogens is 332 g/mol. The first-order chi connectivity index (χ1) is 9.85. The SMILES string of the molecule is CC(C)(C)OC(=O)N1CCCC(Nc2ccccc2Br)C1. The minimum atomic E-state index is -0.445. The number of benzene rings is 1. The van der Waals surface area contributed by atoms with Gasteiger partial charge in [0.1, 0.15) is 5.60 Å². The van der Waals surface area contributed by atoms with Crippen LogP contribution in [0.5, 0.6) is 0 Å². The zero-order valence-electron chi connectivity index (χ0n) is 12.9. The van der Waals surface area contributed by atoms with Gasteiger partial charge in [-0.15, -0.1) is 0 Å². The Bertz CT molecular complexity index is 499. The molecule has 21 heavy (non-hydrogen) atoms. The van der Waals surface area contributed by atoms with Gasteiger partial charge in [0.25, 0.3) is 0 Å². The molecule has 1 amide bonds. The molecule has 0 radical (unpaired) electrons. The summed E-state index contributed by atoms with van der Waals surface area (Å²) in [5, 5.41) is 3.50. The van der Waals surface area contributed by atoms with Crippen molar-refractivity contribution in [2.75, 3.05) is 18.4 Å². The van der Waals surface area contributed by atoms with Crippen molar-refractivity contribution in [1.29, 1.82) is 0 Å². The molecule has 1 fully saturated rings. The molecule has 4 nitrogen and oxygen atoms in total. The Morgan fingerprint density at radius 3 is 2.76 bits per heavy atom. The van der Waals surface area contributed by atoms with Crippen molar-refractivity contribution in [2.24, 2.45) is 0 Å². The number of halogens is 1. The van der Waals surface area contributed by atoms with E-state index < -0.39 is 5.60 Å². The van der Waals surface area contributed by atoms with E-state index in [1.54, 1.807) is 4.90 Å². The van der Waals surface area contributed by atoms with Crippen LogP contribution in [0.3, 0.4) is 0 Å². The van der Waals surface area contributed by atoms with Crippen LogP contribution in [-0.4, -0.2) is 35.7 Å². The van der Waals surface area contributed by atoms with E-state index in [0.717, 1.165) is 29.5 Å². The summed E-state index contributed by atoms with van der Waals surface area (Å²) < 4.78 is 6.49. The molecule has 1 aliphatic heterocycles. The molecule has 2 rings (SSSR count). The first-order valence-corrected chi connectivity index (χ1v) is 8.13. The number of amides is 1. The summed E-state index contributed by atoms with van der Waals surface area (Å²) in [6.45, 7) is 7.13. The van der Waals surface area contributed by atoms with Crippen LogP contribution in [0.2, 0.25) is 0 Å². The number of hydrogen-bond acceptors (Lipinski definition) is 3. The van der Waals surface area contributed by atoms with Gasteiger partial charge in [-0.3, -0.25) is 0 Å². The number of nitrogens with zero attached hydrogens (tertiary/aromatic N) is 1. The molecule has 1 aromatic rings. The van der Waals surface area contributed by atoms with Gasteiger partial charge >= 0.3 is 6.09 Å². The van der Waals surface area contributed by atoms with Gasteiger partial charge in [0, 0.05) is 29.3 Å². The minimum absolute atomic E-state index is 0.221. The number of piperidine rings is 1. The number of ether oxygens (including phenoxy) is 1. The van der Waals surface area contributed by atoms with E-state index in [9.17, 15) is 4.79 Å². The first kappa shape index (κ1) is 16.1. The number of carbonyl (C=O) groups is 1. The molecular formula is C16H23BrN2O2. The van der Waals surface area contributed by atoms with E-state index in [2.05, 4.69) is 21.2 Å². The number of hydrogen-bond donors (Lipinski definition) is 1. The van der Waals surface area contributed by atoms with Gasteiger partial charge in [0.2, 0.25) is 0 Å². The Labute approximate surface area is 135 Å². The van der Waals surface area contributed by atoms with Gasteiger partial charge in [0.05, 0.1) is 0 Å². The first-order valence-electron chi connectivity index (χ1n) is 7.34. The van der Waals surface area contributed by atoms with Crippen molar-refractivity contribution >= 4 is 27.7 Å². The topological polar surface area (TPSA) is 41.6 Å². The lowest BCUT2D eigenvalue weighted by atomic mass is 10.1. The number of anilines is 1. The lowest BCUT2D eigenvalue weighted by Crippen LogP contribution is -2.47. The predicted octanol–water partition coefficient (Wildman–Crippen LogP) is 4.26. The molecule has 0 spiro atoms. The average Bonchev–Trinajstić information content (AvgIpc) is 2.40. The predicted molar refractivity (Wildman–Crippen MR) is 88.6 cm³/mol. The maximum absolute atomic E-state index is 12.1. The van der Waals surface area contributed by atoms with E-state index in [1.165, 1.54) is 0 Å². The standard InChI is InChI=1S/C16H23BrN2O2/c1-16(2,3)21-15(20)19-10-6-7-12(11-19)18-14-9-5-4-8-13(14)17/h4-5,8-9,12,18H,6-7,10-11H2,1-3H3. The van der Waals surface area contributed by atoms with Crippen LogP contribution in [-0.2, 0) is 4.74 Å². The molecule has 1 aliphatic rings. The van der Waals surface area contributed by atoms with Crippen molar-refractivity contribution in [2.45, 2.75) is 45.3 Å². The van der Waals surface area contributed by atoms with Crippen LogP contribution in [0.4, 0.5) is 10.5 Å². The molecule has 1 atom stereocenters. The minimum Gasteiger partial charge on any atom is -0.444 e. The smallest absolute Gasteiger partial charge is 0.410 e. The van der Waals surface area contributed by atoms with Crippen molar-refractivity contribution < 1.29 is 9.53 Å². The number of carbonyl (C=O) groups excluding carboxylic acids is 1. The Hall–Kier alpha value is -1.23.